The average Bonchev–Trinajstić information content (AvgIpc) is 2.76. The van der Waals surface area contributed by atoms with Crippen molar-refractivity contribution in [3.8, 4) is 5.75 Å². The van der Waals surface area contributed by atoms with Gasteiger partial charge in [-0.3, -0.25) is 4.79 Å². The summed E-state index contributed by atoms with van der Waals surface area (Å²) >= 11 is 0. The van der Waals surface area contributed by atoms with Crippen molar-refractivity contribution in [1.82, 2.24) is 0 Å². The van der Waals surface area contributed by atoms with E-state index in [1.54, 1.807) is 0 Å². The van der Waals surface area contributed by atoms with Crippen LogP contribution in [0.4, 0.5) is 0 Å². The van der Waals surface area contributed by atoms with Crippen LogP contribution in [-0.2, 0) is 11.4 Å². The lowest BCUT2D eigenvalue weighted by molar-refractivity contribution is -0.121. The highest BCUT2D eigenvalue weighted by Gasteiger charge is 2.23. The van der Waals surface area contributed by atoms with Gasteiger partial charge in [0.05, 0.1) is 13.2 Å². The smallest absolute Gasteiger partial charge is 0.136 e. The normalized spacial score (nSPS) is 19.6. The lowest BCUT2D eigenvalue weighted by Gasteiger charge is -2.09. The molecule has 1 atom stereocenters. The van der Waals surface area contributed by atoms with Gasteiger partial charge >= 0.3 is 0 Å². The van der Waals surface area contributed by atoms with Crippen molar-refractivity contribution < 1.29 is 14.6 Å². The summed E-state index contributed by atoms with van der Waals surface area (Å²) in [4.78, 5) is 11.4. The molecule has 2 rings (SSSR count). The van der Waals surface area contributed by atoms with Crippen molar-refractivity contribution in [2.75, 3.05) is 6.61 Å². The first-order valence-corrected chi connectivity index (χ1v) is 6.15. The average molecular weight is 234 g/mol. The maximum Gasteiger partial charge on any atom is 0.136 e. The number of benzene rings is 1. The molecule has 1 fully saturated rings. The van der Waals surface area contributed by atoms with E-state index in [1.165, 1.54) is 0 Å². The van der Waals surface area contributed by atoms with E-state index in [0.29, 0.717) is 12.4 Å². The number of carbonyl (C=O) groups is 1. The number of Topliss-reactive ketones (excluding diaryl/α,β-unsaturated/α-hetero) is 1. The van der Waals surface area contributed by atoms with Gasteiger partial charge in [-0.25, -0.2) is 0 Å². The molecule has 0 aliphatic heterocycles. The molecular weight excluding hydrogens is 216 g/mol. The topological polar surface area (TPSA) is 46.5 Å². The molecule has 1 aromatic carbocycles. The van der Waals surface area contributed by atoms with E-state index in [-0.39, 0.29) is 12.5 Å². The molecule has 1 saturated carbocycles. The van der Waals surface area contributed by atoms with E-state index in [1.807, 2.05) is 24.3 Å². The van der Waals surface area contributed by atoms with Crippen LogP contribution in [0.1, 0.15) is 31.2 Å². The standard InChI is InChI=1S/C14H18O3/c15-10-11-4-6-13(7-5-11)17-9-8-12-2-1-3-14(12)16/h4-7,12,15H,1-3,8-10H2. The Kier molecular flexibility index (Phi) is 4.15. The largest absolute Gasteiger partial charge is 0.494 e. The van der Waals surface area contributed by atoms with Crippen LogP contribution in [0.15, 0.2) is 24.3 Å². The van der Waals surface area contributed by atoms with E-state index in [4.69, 9.17) is 9.84 Å². The zero-order chi connectivity index (χ0) is 12.1. The molecule has 3 heteroatoms. The Labute approximate surface area is 101 Å². The number of hydrogen-bond acceptors (Lipinski definition) is 3. The molecule has 3 nitrogen and oxygen atoms in total. The Bertz CT molecular complexity index is 370. The zero-order valence-electron chi connectivity index (χ0n) is 9.89. The molecule has 1 N–H and O–H groups in total. The van der Waals surface area contributed by atoms with Gasteiger partial charge in [0, 0.05) is 12.3 Å². The summed E-state index contributed by atoms with van der Waals surface area (Å²) in [5.74, 6) is 1.41. The molecule has 92 valence electrons. The third kappa shape index (κ3) is 3.30. The van der Waals surface area contributed by atoms with Gasteiger partial charge in [0.2, 0.25) is 0 Å². The van der Waals surface area contributed by atoms with Crippen LogP contribution >= 0.6 is 0 Å². The minimum absolute atomic E-state index is 0.0524. The summed E-state index contributed by atoms with van der Waals surface area (Å²) in [5.41, 5.74) is 0.878. The van der Waals surface area contributed by atoms with Crippen LogP contribution in [0.3, 0.4) is 0 Å². The van der Waals surface area contributed by atoms with E-state index >= 15 is 0 Å². The number of ether oxygens (including phenoxy) is 1. The fraction of sp³-hybridized carbons (Fsp3) is 0.500. The Hall–Kier alpha value is -1.35. The lowest BCUT2D eigenvalue weighted by Crippen LogP contribution is -2.11. The molecule has 0 saturated heterocycles. The minimum atomic E-state index is 0.0524. The van der Waals surface area contributed by atoms with Gasteiger partial charge in [0.15, 0.2) is 0 Å². The van der Waals surface area contributed by atoms with Crippen molar-refractivity contribution in [3.05, 3.63) is 29.8 Å². The number of aliphatic hydroxyl groups is 1. The molecular formula is C14H18O3. The Morgan fingerprint density at radius 2 is 2.06 bits per heavy atom. The fourth-order valence-corrected chi connectivity index (χ4v) is 2.20. The summed E-state index contributed by atoms with van der Waals surface area (Å²) in [6.07, 6.45) is 3.62. The van der Waals surface area contributed by atoms with Crippen molar-refractivity contribution in [3.63, 3.8) is 0 Å². The predicted molar refractivity (Wildman–Crippen MR) is 64.8 cm³/mol. The van der Waals surface area contributed by atoms with Crippen LogP contribution in [0.5, 0.6) is 5.75 Å². The van der Waals surface area contributed by atoms with Gasteiger partial charge < -0.3 is 9.84 Å². The highest BCUT2D eigenvalue weighted by molar-refractivity contribution is 5.82. The molecule has 0 heterocycles. The predicted octanol–water partition coefficient (Wildman–Crippen LogP) is 2.32. The maximum atomic E-state index is 11.4. The third-order valence-electron chi connectivity index (χ3n) is 3.27. The third-order valence-corrected chi connectivity index (χ3v) is 3.27. The second-order valence-corrected chi connectivity index (χ2v) is 4.49. The van der Waals surface area contributed by atoms with Crippen LogP contribution in [-0.4, -0.2) is 17.5 Å². The number of rotatable bonds is 5. The zero-order valence-corrected chi connectivity index (χ0v) is 9.89. The second kappa shape index (κ2) is 5.82. The SMILES string of the molecule is O=C1CCCC1CCOc1ccc(CO)cc1. The lowest BCUT2D eigenvalue weighted by atomic mass is 10.0. The summed E-state index contributed by atoms with van der Waals surface area (Å²) in [7, 11) is 0. The van der Waals surface area contributed by atoms with Crippen molar-refractivity contribution in [2.45, 2.75) is 32.3 Å². The van der Waals surface area contributed by atoms with E-state index in [9.17, 15) is 4.79 Å². The number of ketones is 1. The van der Waals surface area contributed by atoms with Gasteiger partial charge in [0.25, 0.3) is 0 Å². The first-order valence-electron chi connectivity index (χ1n) is 6.15. The molecule has 0 radical (unpaired) electrons. The second-order valence-electron chi connectivity index (χ2n) is 4.49. The van der Waals surface area contributed by atoms with E-state index in [0.717, 1.165) is 37.0 Å². The molecule has 17 heavy (non-hydrogen) atoms. The van der Waals surface area contributed by atoms with Gasteiger partial charge in [0.1, 0.15) is 11.5 Å². The number of hydrogen-bond donors (Lipinski definition) is 1. The summed E-state index contributed by atoms with van der Waals surface area (Å²) in [5, 5.41) is 8.90. The quantitative estimate of drug-likeness (QED) is 0.850. The summed E-state index contributed by atoms with van der Waals surface area (Å²) in [6, 6.07) is 7.39. The summed E-state index contributed by atoms with van der Waals surface area (Å²) < 4.78 is 5.58. The van der Waals surface area contributed by atoms with Gasteiger partial charge in [-0.2, -0.15) is 0 Å². The maximum absolute atomic E-state index is 11.4. The van der Waals surface area contributed by atoms with Gasteiger partial charge in [-0.1, -0.05) is 12.1 Å². The summed E-state index contributed by atoms with van der Waals surface area (Å²) in [6.45, 7) is 0.645. The Morgan fingerprint density at radius 1 is 1.29 bits per heavy atom. The van der Waals surface area contributed by atoms with Crippen molar-refractivity contribution in [1.29, 1.82) is 0 Å². The Balaban J connectivity index is 1.75. The molecule has 1 aliphatic rings. The molecule has 1 aromatic rings. The van der Waals surface area contributed by atoms with Crippen molar-refractivity contribution >= 4 is 5.78 Å². The first-order chi connectivity index (χ1) is 8.29. The molecule has 0 bridgehead atoms. The molecule has 0 spiro atoms. The molecule has 1 unspecified atom stereocenters. The molecule has 1 aliphatic carbocycles. The fourth-order valence-electron chi connectivity index (χ4n) is 2.20. The highest BCUT2D eigenvalue weighted by atomic mass is 16.5. The Morgan fingerprint density at radius 3 is 2.65 bits per heavy atom. The molecule has 0 aromatic heterocycles. The van der Waals surface area contributed by atoms with Crippen molar-refractivity contribution in [2.24, 2.45) is 5.92 Å². The minimum Gasteiger partial charge on any atom is -0.494 e. The van der Waals surface area contributed by atoms with E-state index in [2.05, 4.69) is 0 Å². The van der Waals surface area contributed by atoms with Crippen LogP contribution in [0, 0.1) is 5.92 Å². The number of aliphatic hydroxyl groups excluding tert-OH is 1. The van der Waals surface area contributed by atoms with Crippen LogP contribution in [0.25, 0.3) is 0 Å². The number of carbonyl (C=O) groups excluding carboxylic acids is 1. The van der Waals surface area contributed by atoms with Crippen LogP contribution < -0.4 is 4.74 Å². The first kappa shape index (κ1) is 12.1. The van der Waals surface area contributed by atoms with E-state index < -0.39 is 0 Å². The highest BCUT2D eigenvalue weighted by Crippen LogP contribution is 2.24. The van der Waals surface area contributed by atoms with Gasteiger partial charge in [-0.05, 0) is 37.0 Å². The van der Waals surface area contributed by atoms with Gasteiger partial charge in [-0.15, -0.1) is 0 Å². The molecule has 0 amide bonds. The monoisotopic (exact) mass is 234 g/mol. The van der Waals surface area contributed by atoms with Crippen LogP contribution in [0.2, 0.25) is 0 Å².